The summed E-state index contributed by atoms with van der Waals surface area (Å²) >= 11 is 0. The molecule has 0 aromatic heterocycles. The standard InChI is InChI=1S/C30H50O7/c1-3-5-6-7-8-9-10-11-29-12-14-30(15-13-29)37-28-27-36-26-25-35-24-23-34-22-21-33-20-19-32-18-17-31-16-4-2/h2,12-15H,3,5-11,16-28H2,1H3. The van der Waals surface area contributed by atoms with Crippen molar-refractivity contribution in [1.82, 2.24) is 0 Å². The molecular formula is C30H50O7. The summed E-state index contributed by atoms with van der Waals surface area (Å²) in [5.74, 6) is 3.30. The molecule has 1 aromatic carbocycles. The average Bonchev–Trinajstić information content (AvgIpc) is 2.92. The quantitative estimate of drug-likeness (QED) is 0.112. The van der Waals surface area contributed by atoms with E-state index in [0.717, 1.165) is 12.2 Å². The first-order valence-corrected chi connectivity index (χ1v) is 14.0. The van der Waals surface area contributed by atoms with Gasteiger partial charge in [0.2, 0.25) is 0 Å². The first kappa shape index (κ1) is 33.4. The summed E-state index contributed by atoms with van der Waals surface area (Å²) in [6.45, 7) is 8.93. The van der Waals surface area contributed by atoms with Gasteiger partial charge in [-0.3, -0.25) is 0 Å². The summed E-state index contributed by atoms with van der Waals surface area (Å²) in [5.41, 5.74) is 1.38. The van der Waals surface area contributed by atoms with E-state index in [-0.39, 0.29) is 0 Å². The summed E-state index contributed by atoms with van der Waals surface area (Å²) < 4.78 is 38.1. The zero-order valence-electron chi connectivity index (χ0n) is 23.1. The monoisotopic (exact) mass is 522 g/mol. The van der Waals surface area contributed by atoms with Crippen molar-refractivity contribution in [2.45, 2.75) is 58.3 Å². The molecule has 0 amide bonds. The van der Waals surface area contributed by atoms with E-state index in [1.165, 1.54) is 50.5 Å². The van der Waals surface area contributed by atoms with E-state index in [0.29, 0.717) is 85.9 Å². The van der Waals surface area contributed by atoms with Gasteiger partial charge >= 0.3 is 0 Å². The molecule has 7 nitrogen and oxygen atoms in total. The van der Waals surface area contributed by atoms with Gasteiger partial charge in [-0.25, -0.2) is 0 Å². The van der Waals surface area contributed by atoms with Gasteiger partial charge in [0.25, 0.3) is 0 Å². The third-order valence-electron chi connectivity index (χ3n) is 5.53. The lowest BCUT2D eigenvalue weighted by Crippen LogP contribution is -2.14. The molecule has 0 fully saturated rings. The van der Waals surface area contributed by atoms with Crippen LogP contribution < -0.4 is 4.74 Å². The highest BCUT2D eigenvalue weighted by molar-refractivity contribution is 5.27. The molecule has 0 bridgehead atoms. The van der Waals surface area contributed by atoms with Crippen molar-refractivity contribution in [1.29, 1.82) is 0 Å². The largest absolute Gasteiger partial charge is 0.491 e. The van der Waals surface area contributed by atoms with E-state index in [1.54, 1.807) is 0 Å². The van der Waals surface area contributed by atoms with Crippen LogP contribution in [-0.4, -0.2) is 85.9 Å². The van der Waals surface area contributed by atoms with E-state index in [2.05, 4.69) is 37.1 Å². The molecule has 0 aliphatic heterocycles. The second-order valence-corrected chi connectivity index (χ2v) is 8.68. The normalized spacial score (nSPS) is 11.0. The molecule has 0 spiro atoms. The zero-order chi connectivity index (χ0) is 26.5. The van der Waals surface area contributed by atoms with Crippen LogP contribution in [0, 0.1) is 12.3 Å². The maximum atomic E-state index is 5.76. The predicted molar refractivity (Wildman–Crippen MR) is 147 cm³/mol. The molecule has 0 aliphatic carbocycles. The lowest BCUT2D eigenvalue weighted by molar-refractivity contribution is -0.0167. The Morgan fingerprint density at radius 3 is 1.46 bits per heavy atom. The third-order valence-corrected chi connectivity index (χ3v) is 5.53. The Kier molecular flexibility index (Phi) is 24.7. The summed E-state index contributed by atoms with van der Waals surface area (Å²) in [7, 11) is 0. The molecule has 0 saturated heterocycles. The fourth-order valence-electron chi connectivity index (χ4n) is 3.49. The van der Waals surface area contributed by atoms with Crippen LogP contribution in [0.4, 0.5) is 0 Å². The maximum absolute atomic E-state index is 5.76. The number of terminal acetylenes is 1. The first-order chi connectivity index (χ1) is 18.4. The molecular weight excluding hydrogens is 472 g/mol. The van der Waals surface area contributed by atoms with Crippen LogP contribution in [0.1, 0.15) is 57.4 Å². The predicted octanol–water partition coefficient (Wildman–Crippen LogP) is 5.09. The van der Waals surface area contributed by atoms with Crippen molar-refractivity contribution in [3.63, 3.8) is 0 Å². The van der Waals surface area contributed by atoms with E-state index in [1.807, 2.05) is 0 Å². The molecule has 0 atom stereocenters. The molecule has 0 aliphatic rings. The minimum Gasteiger partial charge on any atom is -0.491 e. The van der Waals surface area contributed by atoms with Crippen molar-refractivity contribution < 1.29 is 33.2 Å². The van der Waals surface area contributed by atoms with Crippen LogP contribution in [0.3, 0.4) is 0 Å². The van der Waals surface area contributed by atoms with E-state index >= 15 is 0 Å². The molecule has 1 aromatic rings. The molecule has 212 valence electrons. The van der Waals surface area contributed by atoms with E-state index < -0.39 is 0 Å². The molecule has 0 heterocycles. The Balaban J connectivity index is 1.79. The van der Waals surface area contributed by atoms with Crippen LogP contribution in [0.25, 0.3) is 0 Å². The van der Waals surface area contributed by atoms with Crippen molar-refractivity contribution in [2.24, 2.45) is 0 Å². The highest BCUT2D eigenvalue weighted by Crippen LogP contribution is 2.15. The molecule has 0 radical (unpaired) electrons. The van der Waals surface area contributed by atoms with Gasteiger partial charge < -0.3 is 33.2 Å². The molecule has 0 unspecified atom stereocenters. The average molecular weight is 523 g/mol. The molecule has 1 rings (SSSR count). The van der Waals surface area contributed by atoms with Gasteiger partial charge in [-0.1, -0.05) is 63.5 Å². The van der Waals surface area contributed by atoms with Crippen LogP contribution in [0.15, 0.2) is 24.3 Å². The number of hydrogen-bond acceptors (Lipinski definition) is 7. The highest BCUT2D eigenvalue weighted by Gasteiger charge is 1.98. The molecule has 0 saturated carbocycles. The Bertz CT molecular complexity index is 630. The summed E-state index contributed by atoms with van der Waals surface area (Å²) in [4.78, 5) is 0. The van der Waals surface area contributed by atoms with Crippen LogP contribution in [0.2, 0.25) is 0 Å². The Morgan fingerprint density at radius 1 is 0.541 bits per heavy atom. The van der Waals surface area contributed by atoms with Gasteiger partial charge in [-0.15, -0.1) is 6.42 Å². The van der Waals surface area contributed by atoms with Crippen LogP contribution in [-0.2, 0) is 34.8 Å². The lowest BCUT2D eigenvalue weighted by Gasteiger charge is -2.09. The lowest BCUT2D eigenvalue weighted by atomic mass is 10.0. The number of aryl methyl sites for hydroxylation is 1. The van der Waals surface area contributed by atoms with Crippen LogP contribution >= 0.6 is 0 Å². The fourth-order valence-corrected chi connectivity index (χ4v) is 3.49. The topological polar surface area (TPSA) is 64.6 Å². The smallest absolute Gasteiger partial charge is 0.119 e. The SMILES string of the molecule is C#CCOCCOCCOCCOCCOCCOCCOc1ccc(CCCCCCCCC)cc1. The van der Waals surface area contributed by atoms with Crippen molar-refractivity contribution in [3.05, 3.63) is 29.8 Å². The summed E-state index contributed by atoms with van der Waals surface area (Å²) in [6, 6.07) is 8.45. The van der Waals surface area contributed by atoms with Crippen LogP contribution in [0.5, 0.6) is 5.75 Å². The van der Waals surface area contributed by atoms with E-state index in [4.69, 9.17) is 39.6 Å². The van der Waals surface area contributed by atoms with Gasteiger partial charge in [0.15, 0.2) is 0 Å². The number of hydrogen-bond donors (Lipinski definition) is 0. The van der Waals surface area contributed by atoms with E-state index in [9.17, 15) is 0 Å². The number of benzene rings is 1. The van der Waals surface area contributed by atoms with Gasteiger partial charge in [0.1, 0.15) is 19.0 Å². The van der Waals surface area contributed by atoms with Gasteiger partial charge in [0, 0.05) is 0 Å². The summed E-state index contributed by atoms with van der Waals surface area (Å²) in [5, 5.41) is 0. The van der Waals surface area contributed by atoms with Crippen molar-refractivity contribution in [2.75, 3.05) is 85.9 Å². The molecule has 0 N–H and O–H groups in total. The maximum Gasteiger partial charge on any atom is 0.119 e. The van der Waals surface area contributed by atoms with Gasteiger partial charge in [-0.2, -0.15) is 0 Å². The minimum atomic E-state index is 0.317. The number of ether oxygens (including phenoxy) is 7. The Hall–Kier alpha value is -1.66. The zero-order valence-corrected chi connectivity index (χ0v) is 23.1. The van der Waals surface area contributed by atoms with Crippen molar-refractivity contribution in [3.8, 4) is 18.1 Å². The second-order valence-electron chi connectivity index (χ2n) is 8.68. The fraction of sp³-hybridized carbons (Fsp3) is 0.733. The first-order valence-electron chi connectivity index (χ1n) is 14.0. The van der Waals surface area contributed by atoms with Gasteiger partial charge in [0.05, 0.1) is 72.7 Å². The Labute approximate surface area is 225 Å². The third kappa shape index (κ3) is 23.2. The summed E-state index contributed by atoms with van der Waals surface area (Å²) in [6.07, 6.45) is 15.6. The second kappa shape index (κ2) is 27.4. The Morgan fingerprint density at radius 2 is 0.973 bits per heavy atom. The minimum absolute atomic E-state index is 0.317. The molecule has 7 heteroatoms. The highest BCUT2D eigenvalue weighted by atomic mass is 16.6. The number of rotatable bonds is 28. The molecule has 37 heavy (non-hydrogen) atoms. The van der Waals surface area contributed by atoms with Crippen molar-refractivity contribution >= 4 is 0 Å². The number of unbranched alkanes of at least 4 members (excludes halogenated alkanes) is 6. The van der Waals surface area contributed by atoms with Gasteiger partial charge in [-0.05, 0) is 30.5 Å².